The van der Waals surface area contributed by atoms with E-state index in [4.69, 9.17) is 9.47 Å². The summed E-state index contributed by atoms with van der Waals surface area (Å²) in [7, 11) is 3.12. The summed E-state index contributed by atoms with van der Waals surface area (Å²) in [4.78, 5) is 42.1. The molecule has 0 aliphatic carbocycles. The number of imide groups is 1. The Balaban J connectivity index is 1.60. The zero-order valence-electron chi connectivity index (χ0n) is 18.9. The van der Waals surface area contributed by atoms with E-state index >= 15 is 0 Å². The Morgan fingerprint density at radius 1 is 0.853 bits per heavy atom. The van der Waals surface area contributed by atoms with Crippen LogP contribution in [0.4, 0.5) is 16.2 Å². The molecule has 8 heteroatoms. The number of amides is 4. The highest BCUT2D eigenvalue weighted by Crippen LogP contribution is 2.30. The Morgan fingerprint density at radius 3 is 2.03 bits per heavy atom. The monoisotopic (exact) mass is 459 g/mol. The molecule has 1 fully saturated rings. The fourth-order valence-corrected chi connectivity index (χ4v) is 3.82. The number of ether oxygens (including phenoxy) is 2. The molecule has 1 N–H and O–H groups in total. The van der Waals surface area contributed by atoms with E-state index in [9.17, 15) is 14.4 Å². The second-order valence-corrected chi connectivity index (χ2v) is 7.76. The Labute approximate surface area is 197 Å². The highest BCUT2D eigenvalue weighted by Gasteiger charge is 2.46. The molecule has 4 amide bonds. The van der Waals surface area contributed by atoms with Crippen molar-refractivity contribution in [2.75, 3.05) is 24.4 Å². The van der Waals surface area contributed by atoms with Crippen LogP contribution in [0.15, 0.2) is 78.9 Å². The Kier molecular flexibility index (Phi) is 6.77. The minimum Gasteiger partial charge on any atom is -0.497 e. The lowest BCUT2D eigenvalue weighted by molar-refractivity contribution is -0.124. The second kappa shape index (κ2) is 10.1. The summed E-state index contributed by atoms with van der Waals surface area (Å²) < 4.78 is 10.4. The van der Waals surface area contributed by atoms with Crippen LogP contribution < -0.4 is 19.7 Å². The van der Waals surface area contributed by atoms with Gasteiger partial charge < -0.3 is 19.7 Å². The van der Waals surface area contributed by atoms with Crippen molar-refractivity contribution in [2.45, 2.75) is 19.0 Å². The van der Waals surface area contributed by atoms with Crippen LogP contribution in [0.25, 0.3) is 0 Å². The lowest BCUT2D eigenvalue weighted by atomic mass is 10.1. The number of anilines is 2. The van der Waals surface area contributed by atoms with Crippen molar-refractivity contribution in [3.05, 3.63) is 84.4 Å². The van der Waals surface area contributed by atoms with Crippen LogP contribution in [-0.4, -0.2) is 43.0 Å². The quantitative estimate of drug-likeness (QED) is 0.513. The van der Waals surface area contributed by atoms with Gasteiger partial charge in [-0.25, -0.2) is 9.69 Å². The molecule has 0 bridgehead atoms. The van der Waals surface area contributed by atoms with Crippen molar-refractivity contribution in [1.29, 1.82) is 0 Å². The van der Waals surface area contributed by atoms with Crippen molar-refractivity contribution in [3.63, 3.8) is 0 Å². The topological polar surface area (TPSA) is 88.2 Å². The Bertz CT molecular complexity index is 1160. The van der Waals surface area contributed by atoms with Crippen molar-refractivity contribution < 1.29 is 23.9 Å². The average Bonchev–Trinajstić information content (AvgIpc) is 3.09. The van der Waals surface area contributed by atoms with E-state index in [1.165, 1.54) is 4.90 Å². The number of benzene rings is 3. The lowest BCUT2D eigenvalue weighted by Gasteiger charge is -2.22. The minimum atomic E-state index is -0.944. The van der Waals surface area contributed by atoms with Crippen LogP contribution in [-0.2, 0) is 16.1 Å². The first-order valence-corrected chi connectivity index (χ1v) is 10.8. The molecule has 1 atom stereocenters. The summed E-state index contributed by atoms with van der Waals surface area (Å²) >= 11 is 0. The van der Waals surface area contributed by atoms with Crippen LogP contribution >= 0.6 is 0 Å². The third-order valence-corrected chi connectivity index (χ3v) is 5.60. The van der Waals surface area contributed by atoms with Crippen LogP contribution in [0, 0.1) is 0 Å². The van der Waals surface area contributed by atoms with E-state index in [1.54, 1.807) is 74.9 Å². The molecule has 1 aliphatic rings. The summed E-state index contributed by atoms with van der Waals surface area (Å²) in [5, 5.41) is 2.79. The first kappa shape index (κ1) is 22.8. The van der Waals surface area contributed by atoms with Crippen LogP contribution in [0.1, 0.15) is 12.0 Å². The zero-order chi connectivity index (χ0) is 24.1. The average molecular weight is 460 g/mol. The molecule has 174 valence electrons. The van der Waals surface area contributed by atoms with Gasteiger partial charge in [0, 0.05) is 12.2 Å². The number of urea groups is 1. The smallest absolute Gasteiger partial charge is 0.332 e. The van der Waals surface area contributed by atoms with Crippen LogP contribution in [0.5, 0.6) is 11.5 Å². The molecule has 1 aliphatic heterocycles. The van der Waals surface area contributed by atoms with Crippen molar-refractivity contribution in [2.24, 2.45) is 0 Å². The molecule has 3 aromatic carbocycles. The molecule has 0 saturated carbocycles. The molecular weight excluding hydrogens is 434 g/mol. The van der Waals surface area contributed by atoms with Gasteiger partial charge in [0.1, 0.15) is 17.5 Å². The molecule has 34 heavy (non-hydrogen) atoms. The number of para-hydroxylation sites is 1. The van der Waals surface area contributed by atoms with E-state index in [-0.39, 0.29) is 18.9 Å². The molecule has 3 aromatic rings. The fraction of sp³-hybridized carbons (Fsp3) is 0.192. The summed E-state index contributed by atoms with van der Waals surface area (Å²) in [6.07, 6.45) is -0.164. The maximum atomic E-state index is 13.4. The van der Waals surface area contributed by atoms with Gasteiger partial charge in [-0.2, -0.15) is 0 Å². The lowest BCUT2D eigenvalue weighted by Crippen LogP contribution is -2.37. The molecular formula is C26H25N3O5. The van der Waals surface area contributed by atoms with Gasteiger partial charge in [-0.1, -0.05) is 30.3 Å². The van der Waals surface area contributed by atoms with Gasteiger partial charge >= 0.3 is 6.03 Å². The summed E-state index contributed by atoms with van der Waals surface area (Å²) in [5.41, 5.74) is 1.85. The maximum absolute atomic E-state index is 13.4. The summed E-state index contributed by atoms with van der Waals surface area (Å²) in [6.45, 7) is 0.171. The standard InChI is InChI=1S/C26H25N3O5/c1-33-21-12-8-18(9-13-21)17-28-23(16-24(30)27-19-6-4-3-5-7-19)25(31)29(26(28)32)20-10-14-22(34-2)15-11-20/h3-15,23H,16-17H2,1-2H3,(H,27,30)/t23-/m0/s1. The largest absolute Gasteiger partial charge is 0.497 e. The molecule has 8 nitrogen and oxygen atoms in total. The van der Waals surface area contributed by atoms with E-state index in [0.29, 0.717) is 22.9 Å². The third kappa shape index (κ3) is 4.85. The maximum Gasteiger partial charge on any atom is 0.332 e. The van der Waals surface area contributed by atoms with E-state index in [0.717, 1.165) is 10.5 Å². The first-order valence-electron chi connectivity index (χ1n) is 10.8. The van der Waals surface area contributed by atoms with E-state index < -0.39 is 18.0 Å². The molecule has 0 spiro atoms. The van der Waals surface area contributed by atoms with Gasteiger partial charge in [0.2, 0.25) is 5.91 Å². The molecule has 4 rings (SSSR count). The molecule has 0 aromatic heterocycles. The van der Waals surface area contributed by atoms with Gasteiger partial charge in [0.15, 0.2) is 0 Å². The van der Waals surface area contributed by atoms with Crippen LogP contribution in [0.2, 0.25) is 0 Å². The highest BCUT2D eigenvalue weighted by molar-refractivity contribution is 6.22. The Morgan fingerprint density at radius 2 is 1.44 bits per heavy atom. The van der Waals surface area contributed by atoms with Gasteiger partial charge in [0.05, 0.1) is 26.3 Å². The number of carbonyl (C=O) groups is 3. The molecule has 0 radical (unpaired) electrons. The summed E-state index contributed by atoms with van der Waals surface area (Å²) in [6, 6.07) is 21.4. The zero-order valence-corrected chi connectivity index (χ0v) is 18.9. The second-order valence-electron chi connectivity index (χ2n) is 7.76. The normalized spacial score (nSPS) is 15.4. The Hall–Kier alpha value is -4.33. The van der Waals surface area contributed by atoms with Crippen LogP contribution in [0.3, 0.4) is 0 Å². The molecule has 1 saturated heterocycles. The molecule has 0 unspecified atom stereocenters. The number of rotatable bonds is 8. The summed E-state index contributed by atoms with van der Waals surface area (Å²) in [5.74, 6) is 0.489. The number of hydrogen-bond donors (Lipinski definition) is 1. The van der Waals surface area contributed by atoms with Crippen molar-refractivity contribution in [1.82, 2.24) is 4.90 Å². The highest BCUT2D eigenvalue weighted by atomic mass is 16.5. The number of carbonyl (C=O) groups excluding carboxylic acids is 3. The van der Waals surface area contributed by atoms with Gasteiger partial charge in [-0.3, -0.25) is 9.59 Å². The number of nitrogens with zero attached hydrogens (tertiary/aromatic N) is 2. The van der Waals surface area contributed by atoms with Gasteiger partial charge in [-0.05, 0) is 54.1 Å². The van der Waals surface area contributed by atoms with E-state index in [2.05, 4.69) is 5.32 Å². The predicted octanol–water partition coefficient (Wildman–Crippen LogP) is 4.07. The fourth-order valence-electron chi connectivity index (χ4n) is 3.82. The van der Waals surface area contributed by atoms with Gasteiger partial charge in [-0.15, -0.1) is 0 Å². The number of nitrogens with one attached hydrogen (secondary N) is 1. The first-order chi connectivity index (χ1) is 16.5. The predicted molar refractivity (Wildman–Crippen MR) is 128 cm³/mol. The van der Waals surface area contributed by atoms with Crippen molar-refractivity contribution >= 4 is 29.2 Å². The molecule has 1 heterocycles. The van der Waals surface area contributed by atoms with E-state index in [1.807, 2.05) is 18.2 Å². The number of methoxy groups -OCH3 is 2. The SMILES string of the molecule is COc1ccc(CN2C(=O)N(c3ccc(OC)cc3)C(=O)[C@@H]2CC(=O)Nc2ccccc2)cc1. The van der Waals surface area contributed by atoms with Gasteiger partial charge in [0.25, 0.3) is 5.91 Å². The number of hydrogen-bond acceptors (Lipinski definition) is 5. The third-order valence-electron chi connectivity index (χ3n) is 5.60. The minimum absolute atomic E-state index is 0.164. The van der Waals surface area contributed by atoms with Crippen molar-refractivity contribution in [3.8, 4) is 11.5 Å².